The van der Waals surface area contributed by atoms with Crippen LogP contribution in [0.3, 0.4) is 0 Å². The molecule has 8 heteroatoms. The summed E-state index contributed by atoms with van der Waals surface area (Å²) in [5, 5.41) is 4.64. The van der Waals surface area contributed by atoms with E-state index in [0.717, 1.165) is 15.1 Å². The highest BCUT2D eigenvalue weighted by molar-refractivity contribution is 7.89. The predicted octanol–water partition coefficient (Wildman–Crippen LogP) is 3.27. The summed E-state index contributed by atoms with van der Waals surface area (Å²) in [6.07, 6.45) is -1.04. The van der Waals surface area contributed by atoms with Gasteiger partial charge < -0.3 is 10.1 Å². The molecule has 1 N–H and O–H groups in total. The second-order valence-corrected chi connectivity index (χ2v) is 9.03. The zero-order valence-electron chi connectivity index (χ0n) is 16.8. The Bertz CT molecular complexity index is 1180. The fourth-order valence-electron chi connectivity index (χ4n) is 2.82. The Hall–Kier alpha value is -3.23. The van der Waals surface area contributed by atoms with E-state index in [4.69, 9.17) is 4.74 Å². The van der Waals surface area contributed by atoms with Crippen LogP contribution < -0.4 is 5.32 Å². The number of rotatable bonds is 6. The molecule has 1 amide bonds. The number of nitrogens with zero attached hydrogens (tertiary/aromatic N) is 1. The third-order valence-corrected chi connectivity index (χ3v) is 6.40. The number of hydrogen-bond donors (Lipinski definition) is 1. The van der Waals surface area contributed by atoms with E-state index in [-0.39, 0.29) is 10.5 Å². The van der Waals surface area contributed by atoms with E-state index in [9.17, 15) is 18.0 Å². The van der Waals surface area contributed by atoms with Crippen molar-refractivity contribution in [3.63, 3.8) is 0 Å². The lowest BCUT2D eigenvalue weighted by atomic mass is 10.1. The molecule has 3 rings (SSSR count). The topological polar surface area (TPSA) is 92.8 Å². The van der Waals surface area contributed by atoms with E-state index in [0.29, 0.717) is 5.69 Å². The van der Waals surface area contributed by atoms with Gasteiger partial charge in [-0.15, -0.1) is 0 Å². The first-order chi connectivity index (χ1) is 14.2. The number of fused-ring (bicyclic) bond motifs is 1. The summed E-state index contributed by atoms with van der Waals surface area (Å²) < 4.78 is 30.5. The SMILES string of the molecule is CC(OC(=O)c1ccc(S(=O)(=O)N(C)C)cc1)C(=O)Nc1cccc2ccccc12. The van der Waals surface area contributed by atoms with Crippen LogP contribution >= 0.6 is 0 Å². The van der Waals surface area contributed by atoms with Gasteiger partial charge in [0, 0.05) is 25.2 Å². The normalized spacial score (nSPS) is 12.5. The first-order valence-corrected chi connectivity index (χ1v) is 10.7. The summed E-state index contributed by atoms with van der Waals surface area (Å²) >= 11 is 0. The number of esters is 1. The highest BCUT2D eigenvalue weighted by Gasteiger charge is 2.21. The van der Waals surface area contributed by atoms with E-state index in [1.807, 2.05) is 36.4 Å². The van der Waals surface area contributed by atoms with Gasteiger partial charge in [0.2, 0.25) is 10.0 Å². The lowest BCUT2D eigenvalue weighted by molar-refractivity contribution is -0.123. The van der Waals surface area contributed by atoms with E-state index in [1.165, 1.54) is 45.3 Å². The summed E-state index contributed by atoms with van der Waals surface area (Å²) in [7, 11) is -0.743. The minimum atomic E-state index is -3.59. The number of benzene rings is 3. The highest BCUT2D eigenvalue weighted by atomic mass is 32.2. The molecular weight excluding hydrogens is 404 g/mol. The van der Waals surface area contributed by atoms with Crippen LogP contribution in [0.25, 0.3) is 10.8 Å². The third kappa shape index (κ3) is 4.50. The Morgan fingerprint density at radius 2 is 1.57 bits per heavy atom. The fraction of sp³-hybridized carbons (Fsp3) is 0.182. The van der Waals surface area contributed by atoms with Crippen molar-refractivity contribution in [1.82, 2.24) is 4.31 Å². The summed E-state index contributed by atoms with van der Waals surface area (Å²) in [6.45, 7) is 1.48. The first-order valence-electron chi connectivity index (χ1n) is 9.22. The van der Waals surface area contributed by atoms with Crippen molar-refractivity contribution in [3.8, 4) is 0 Å². The summed E-state index contributed by atoms with van der Waals surface area (Å²) in [5.74, 6) is -1.18. The monoisotopic (exact) mass is 426 g/mol. The second-order valence-electron chi connectivity index (χ2n) is 6.88. The van der Waals surface area contributed by atoms with Gasteiger partial charge in [0.25, 0.3) is 5.91 Å². The van der Waals surface area contributed by atoms with Gasteiger partial charge in [-0.05, 0) is 42.6 Å². The quantitative estimate of drug-likeness (QED) is 0.611. The Balaban J connectivity index is 1.68. The molecule has 0 aliphatic heterocycles. The molecule has 30 heavy (non-hydrogen) atoms. The van der Waals surface area contributed by atoms with E-state index >= 15 is 0 Å². The number of amides is 1. The summed E-state index contributed by atoms with van der Waals surface area (Å²) in [5.41, 5.74) is 0.775. The maximum atomic E-state index is 12.5. The molecule has 156 valence electrons. The van der Waals surface area contributed by atoms with Gasteiger partial charge in [0.05, 0.1) is 10.5 Å². The van der Waals surface area contributed by atoms with Gasteiger partial charge in [0.15, 0.2) is 6.10 Å². The van der Waals surface area contributed by atoms with Gasteiger partial charge >= 0.3 is 5.97 Å². The van der Waals surface area contributed by atoms with Gasteiger partial charge in [0.1, 0.15) is 0 Å². The molecule has 3 aromatic carbocycles. The molecule has 0 heterocycles. The molecule has 0 aliphatic carbocycles. The molecule has 0 aromatic heterocycles. The molecule has 0 fully saturated rings. The Labute approximate surface area is 175 Å². The molecule has 1 unspecified atom stereocenters. The average molecular weight is 426 g/mol. The Morgan fingerprint density at radius 1 is 0.933 bits per heavy atom. The molecular formula is C22H22N2O5S. The Morgan fingerprint density at radius 3 is 2.23 bits per heavy atom. The molecule has 0 spiro atoms. The van der Waals surface area contributed by atoms with Crippen molar-refractivity contribution < 1.29 is 22.7 Å². The minimum absolute atomic E-state index is 0.0609. The van der Waals surface area contributed by atoms with Crippen LogP contribution in [0.2, 0.25) is 0 Å². The number of sulfonamides is 1. The number of carbonyl (C=O) groups excluding carboxylic acids is 2. The number of anilines is 1. The zero-order valence-corrected chi connectivity index (χ0v) is 17.6. The minimum Gasteiger partial charge on any atom is -0.449 e. The van der Waals surface area contributed by atoms with Crippen LogP contribution in [0.4, 0.5) is 5.69 Å². The van der Waals surface area contributed by atoms with Gasteiger partial charge in [-0.1, -0.05) is 36.4 Å². The van der Waals surface area contributed by atoms with Gasteiger partial charge in [-0.3, -0.25) is 4.79 Å². The molecule has 7 nitrogen and oxygen atoms in total. The largest absolute Gasteiger partial charge is 0.449 e. The van der Waals surface area contributed by atoms with Gasteiger partial charge in [-0.25, -0.2) is 17.5 Å². The van der Waals surface area contributed by atoms with Gasteiger partial charge in [-0.2, -0.15) is 0 Å². The maximum absolute atomic E-state index is 12.5. The second kappa shape index (κ2) is 8.64. The molecule has 0 aliphatic rings. The average Bonchev–Trinajstić information content (AvgIpc) is 2.73. The van der Waals surface area contributed by atoms with Crippen molar-refractivity contribution in [2.24, 2.45) is 0 Å². The number of ether oxygens (including phenoxy) is 1. The fourth-order valence-corrected chi connectivity index (χ4v) is 3.73. The number of carbonyl (C=O) groups is 2. The van der Waals surface area contributed by atoms with E-state index in [1.54, 1.807) is 6.07 Å². The standard InChI is InChI=1S/C22H22N2O5S/c1-15(21(25)23-20-10-6-8-16-7-4-5-9-19(16)20)29-22(26)17-11-13-18(14-12-17)30(27,28)24(2)3/h4-15H,1-3H3,(H,23,25). The molecule has 0 saturated carbocycles. The molecule has 3 aromatic rings. The first kappa shape index (κ1) is 21.5. The van der Waals surface area contributed by atoms with Crippen LogP contribution in [-0.2, 0) is 19.6 Å². The molecule has 0 saturated heterocycles. The number of hydrogen-bond acceptors (Lipinski definition) is 5. The summed E-state index contributed by atoms with van der Waals surface area (Å²) in [6, 6.07) is 18.5. The number of nitrogens with one attached hydrogen (secondary N) is 1. The van der Waals surface area contributed by atoms with Crippen molar-refractivity contribution in [1.29, 1.82) is 0 Å². The van der Waals surface area contributed by atoms with Crippen LogP contribution in [0.1, 0.15) is 17.3 Å². The lowest BCUT2D eigenvalue weighted by Gasteiger charge is -2.15. The van der Waals surface area contributed by atoms with Crippen molar-refractivity contribution in [3.05, 3.63) is 72.3 Å². The Kier molecular flexibility index (Phi) is 6.19. The van der Waals surface area contributed by atoms with Crippen molar-refractivity contribution in [2.75, 3.05) is 19.4 Å². The van der Waals surface area contributed by atoms with E-state index in [2.05, 4.69) is 5.32 Å². The summed E-state index contributed by atoms with van der Waals surface area (Å²) in [4.78, 5) is 24.9. The molecule has 1 atom stereocenters. The van der Waals surface area contributed by atoms with Crippen molar-refractivity contribution >= 4 is 38.4 Å². The van der Waals surface area contributed by atoms with Crippen LogP contribution in [0, 0.1) is 0 Å². The van der Waals surface area contributed by atoms with E-state index < -0.39 is 28.0 Å². The predicted molar refractivity (Wildman–Crippen MR) is 115 cm³/mol. The smallest absolute Gasteiger partial charge is 0.338 e. The van der Waals surface area contributed by atoms with Crippen LogP contribution in [0.15, 0.2) is 71.6 Å². The highest BCUT2D eigenvalue weighted by Crippen LogP contribution is 2.23. The van der Waals surface area contributed by atoms with Crippen LogP contribution in [0.5, 0.6) is 0 Å². The molecule has 0 radical (unpaired) electrons. The van der Waals surface area contributed by atoms with Crippen molar-refractivity contribution in [2.45, 2.75) is 17.9 Å². The van der Waals surface area contributed by atoms with Crippen LogP contribution in [-0.4, -0.2) is 44.8 Å². The lowest BCUT2D eigenvalue weighted by Crippen LogP contribution is -2.30. The maximum Gasteiger partial charge on any atom is 0.338 e. The molecule has 0 bridgehead atoms. The zero-order chi connectivity index (χ0) is 21.9. The third-order valence-electron chi connectivity index (χ3n) is 4.57.